The van der Waals surface area contributed by atoms with Crippen molar-refractivity contribution in [2.75, 3.05) is 7.11 Å². The highest BCUT2D eigenvalue weighted by Crippen LogP contribution is 2.33. The van der Waals surface area contributed by atoms with E-state index in [9.17, 15) is 4.39 Å². The smallest absolute Gasteiger partial charge is 0.169 e. The first-order valence-corrected chi connectivity index (χ1v) is 6.90. The fourth-order valence-electron chi connectivity index (χ4n) is 1.84. The molecule has 2 aromatic carbocycles. The highest BCUT2D eigenvalue weighted by atomic mass is 35.5. The van der Waals surface area contributed by atoms with Gasteiger partial charge in [-0.3, -0.25) is 0 Å². The number of hydrogen-bond donors (Lipinski definition) is 0. The Kier molecular flexibility index (Phi) is 4.85. The Bertz CT molecular complexity index is 599. The summed E-state index contributed by atoms with van der Waals surface area (Å²) >= 11 is 5.66. The SMILES string of the molecule is CCc1ccc(Oc2ccc(CCl)cc2F)c(OC)c1. The van der Waals surface area contributed by atoms with Crippen LogP contribution < -0.4 is 9.47 Å². The molecule has 2 aromatic rings. The zero-order chi connectivity index (χ0) is 14.5. The summed E-state index contributed by atoms with van der Waals surface area (Å²) in [6.07, 6.45) is 0.898. The van der Waals surface area contributed by atoms with Crippen LogP contribution in [0.25, 0.3) is 0 Å². The van der Waals surface area contributed by atoms with Crippen molar-refractivity contribution >= 4 is 11.6 Å². The molecule has 2 nitrogen and oxygen atoms in total. The second-order valence-electron chi connectivity index (χ2n) is 4.34. The number of alkyl halides is 1. The molecule has 0 fully saturated rings. The summed E-state index contributed by atoms with van der Waals surface area (Å²) in [7, 11) is 1.56. The molecule has 0 N–H and O–H groups in total. The van der Waals surface area contributed by atoms with Crippen molar-refractivity contribution < 1.29 is 13.9 Å². The maximum atomic E-state index is 13.9. The molecule has 0 radical (unpaired) electrons. The van der Waals surface area contributed by atoms with Crippen molar-refractivity contribution in [3.05, 3.63) is 53.3 Å². The van der Waals surface area contributed by atoms with E-state index in [-0.39, 0.29) is 11.6 Å². The summed E-state index contributed by atoms with van der Waals surface area (Å²) in [5.41, 5.74) is 1.84. The Balaban J connectivity index is 2.29. The highest BCUT2D eigenvalue weighted by molar-refractivity contribution is 6.17. The van der Waals surface area contributed by atoms with E-state index in [2.05, 4.69) is 6.92 Å². The van der Waals surface area contributed by atoms with Gasteiger partial charge in [-0.2, -0.15) is 0 Å². The van der Waals surface area contributed by atoms with Crippen LogP contribution in [0.15, 0.2) is 36.4 Å². The molecule has 0 spiro atoms. The van der Waals surface area contributed by atoms with Crippen LogP contribution in [0, 0.1) is 5.82 Å². The van der Waals surface area contributed by atoms with Crippen molar-refractivity contribution in [3.8, 4) is 17.2 Å². The Morgan fingerprint density at radius 2 is 1.70 bits per heavy atom. The molecule has 0 aromatic heterocycles. The quantitative estimate of drug-likeness (QED) is 0.728. The van der Waals surface area contributed by atoms with E-state index >= 15 is 0 Å². The highest BCUT2D eigenvalue weighted by Gasteiger charge is 2.10. The van der Waals surface area contributed by atoms with Gasteiger partial charge in [0.1, 0.15) is 0 Å². The molecule has 0 saturated carbocycles. The van der Waals surface area contributed by atoms with Gasteiger partial charge < -0.3 is 9.47 Å². The van der Waals surface area contributed by atoms with E-state index in [4.69, 9.17) is 21.1 Å². The average molecular weight is 295 g/mol. The first-order valence-electron chi connectivity index (χ1n) is 6.37. The number of benzene rings is 2. The normalized spacial score (nSPS) is 10.4. The summed E-state index contributed by atoms with van der Waals surface area (Å²) in [5.74, 6) is 1.06. The molecule has 0 heterocycles. The molecule has 106 valence electrons. The molecular formula is C16H16ClFO2. The molecule has 0 unspecified atom stereocenters. The van der Waals surface area contributed by atoms with Crippen LogP contribution in [0.4, 0.5) is 4.39 Å². The van der Waals surface area contributed by atoms with Crippen LogP contribution in [-0.2, 0) is 12.3 Å². The maximum Gasteiger partial charge on any atom is 0.169 e. The predicted molar refractivity (Wildman–Crippen MR) is 78.4 cm³/mol. The van der Waals surface area contributed by atoms with Gasteiger partial charge in [0.05, 0.1) is 7.11 Å². The van der Waals surface area contributed by atoms with E-state index < -0.39 is 5.82 Å². The Morgan fingerprint density at radius 1 is 1.00 bits per heavy atom. The minimum absolute atomic E-state index is 0.154. The molecule has 0 aliphatic rings. The van der Waals surface area contributed by atoms with Crippen molar-refractivity contribution in [2.24, 2.45) is 0 Å². The van der Waals surface area contributed by atoms with Gasteiger partial charge in [-0.1, -0.05) is 19.1 Å². The third kappa shape index (κ3) is 3.23. The van der Waals surface area contributed by atoms with E-state index in [1.807, 2.05) is 12.1 Å². The van der Waals surface area contributed by atoms with Crippen molar-refractivity contribution in [2.45, 2.75) is 19.2 Å². The number of rotatable bonds is 5. The van der Waals surface area contributed by atoms with E-state index in [1.54, 1.807) is 25.3 Å². The van der Waals surface area contributed by atoms with Gasteiger partial charge in [-0.15, -0.1) is 11.6 Å². The zero-order valence-corrected chi connectivity index (χ0v) is 12.2. The predicted octanol–water partition coefficient (Wildman–Crippen LogP) is 4.93. The lowest BCUT2D eigenvalue weighted by Gasteiger charge is -2.12. The van der Waals surface area contributed by atoms with Gasteiger partial charge in [0.2, 0.25) is 0 Å². The van der Waals surface area contributed by atoms with Crippen LogP contribution in [0.1, 0.15) is 18.1 Å². The van der Waals surface area contributed by atoms with Crippen LogP contribution >= 0.6 is 11.6 Å². The molecule has 0 saturated heterocycles. The summed E-state index contributed by atoms with van der Waals surface area (Å²) in [4.78, 5) is 0. The molecule has 20 heavy (non-hydrogen) atoms. The van der Waals surface area contributed by atoms with Gasteiger partial charge in [0, 0.05) is 5.88 Å². The Labute approximate surface area is 123 Å². The third-order valence-electron chi connectivity index (χ3n) is 3.01. The molecule has 4 heteroatoms. The molecule has 0 aliphatic heterocycles. The summed E-state index contributed by atoms with van der Waals surface area (Å²) in [6, 6.07) is 10.3. The molecule has 0 bridgehead atoms. The summed E-state index contributed by atoms with van der Waals surface area (Å²) in [5, 5.41) is 0. The zero-order valence-electron chi connectivity index (χ0n) is 11.5. The fraction of sp³-hybridized carbons (Fsp3) is 0.250. The van der Waals surface area contributed by atoms with Gasteiger partial charge in [-0.25, -0.2) is 4.39 Å². The lowest BCUT2D eigenvalue weighted by atomic mass is 10.1. The Hall–Kier alpha value is -1.74. The number of halogens is 2. The number of ether oxygens (including phenoxy) is 2. The number of methoxy groups -OCH3 is 1. The lowest BCUT2D eigenvalue weighted by Crippen LogP contribution is -1.94. The first kappa shape index (κ1) is 14.7. The summed E-state index contributed by atoms with van der Waals surface area (Å²) in [6.45, 7) is 2.06. The first-order chi connectivity index (χ1) is 9.67. The molecule has 0 amide bonds. The second kappa shape index (κ2) is 6.62. The lowest BCUT2D eigenvalue weighted by molar-refractivity contribution is 0.370. The average Bonchev–Trinajstić information content (AvgIpc) is 2.49. The van der Waals surface area contributed by atoms with Crippen molar-refractivity contribution in [1.29, 1.82) is 0 Å². The van der Waals surface area contributed by atoms with Gasteiger partial charge in [0.15, 0.2) is 23.1 Å². The van der Waals surface area contributed by atoms with Crippen molar-refractivity contribution in [1.82, 2.24) is 0 Å². The largest absolute Gasteiger partial charge is 0.493 e. The monoisotopic (exact) mass is 294 g/mol. The van der Waals surface area contributed by atoms with E-state index in [1.165, 1.54) is 6.07 Å². The summed E-state index contributed by atoms with van der Waals surface area (Å²) < 4.78 is 24.7. The van der Waals surface area contributed by atoms with Gasteiger partial charge >= 0.3 is 0 Å². The molecule has 0 atom stereocenters. The second-order valence-corrected chi connectivity index (χ2v) is 4.61. The van der Waals surface area contributed by atoms with Gasteiger partial charge in [-0.05, 0) is 41.8 Å². The molecule has 0 aliphatic carbocycles. The minimum Gasteiger partial charge on any atom is -0.493 e. The standard InChI is InChI=1S/C16H16ClFO2/c1-3-11-4-7-15(16(9-11)19-2)20-14-6-5-12(10-17)8-13(14)18/h4-9H,3,10H2,1-2H3. The van der Waals surface area contributed by atoms with Crippen LogP contribution in [-0.4, -0.2) is 7.11 Å². The van der Waals surface area contributed by atoms with Crippen LogP contribution in [0.5, 0.6) is 17.2 Å². The van der Waals surface area contributed by atoms with Crippen LogP contribution in [0.3, 0.4) is 0 Å². The molecular weight excluding hydrogens is 279 g/mol. The van der Waals surface area contributed by atoms with Gasteiger partial charge in [0.25, 0.3) is 0 Å². The minimum atomic E-state index is -0.440. The van der Waals surface area contributed by atoms with Crippen LogP contribution in [0.2, 0.25) is 0 Å². The number of hydrogen-bond acceptors (Lipinski definition) is 2. The number of aryl methyl sites for hydroxylation is 1. The fourth-order valence-corrected chi connectivity index (χ4v) is 2.01. The van der Waals surface area contributed by atoms with Crippen molar-refractivity contribution in [3.63, 3.8) is 0 Å². The maximum absolute atomic E-state index is 13.9. The molecule has 2 rings (SSSR count). The van der Waals surface area contributed by atoms with E-state index in [0.29, 0.717) is 17.1 Å². The topological polar surface area (TPSA) is 18.5 Å². The Morgan fingerprint density at radius 3 is 2.30 bits per heavy atom. The third-order valence-corrected chi connectivity index (χ3v) is 3.32. The van der Waals surface area contributed by atoms with E-state index in [0.717, 1.165) is 12.0 Å².